The highest BCUT2D eigenvalue weighted by Gasteiger charge is 1.96. The Labute approximate surface area is 59.7 Å². The number of unbranched alkanes of at least 4 members (excludes halogenated alkanes) is 2. The average Bonchev–Trinajstić information content (AvgIpc) is 1.89. The van der Waals surface area contributed by atoms with Crippen LogP contribution in [0.4, 0.5) is 0 Å². The lowest BCUT2D eigenvalue weighted by Gasteiger charge is -2.04. The summed E-state index contributed by atoms with van der Waals surface area (Å²) in [5, 5.41) is 0. The van der Waals surface area contributed by atoms with Crippen LogP contribution >= 0.6 is 0 Å². The molecule has 0 bridgehead atoms. The molecule has 0 heteroatoms. The molecule has 0 aliphatic heterocycles. The van der Waals surface area contributed by atoms with Crippen molar-refractivity contribution in [2.24, 2.45) is 5.92 Å². The molecule has 0 rings (SSSR count). The van der Waals surface area contributed by atoms with Crippen molar-refractivity contribution in [2.45, 2.75) is 46.0 Å². The molecule has 53 valence electrons. The van der Waals surface area contributed by atoms with E-state index in [0.29, 0.717) is 0 Å². The van der Waals surface area contributed by atoms with E-state index in [1.54, 1.807) is 0 Å². The highest BCUT2D eigenvalue weighted by Crippen LogP contribution is 2.10. The standard InChI is InChI=1S/C9H17/c1-4-6-7-8-9(3)5-2/h9H,4-8H2,1-2H3. The lowest BCUT2D eigenvalue weighted by Crippen LogP contribution is -1.91. The third-order valence-corrected chi connectivity index (χ3v) is 1.65. The van der Waals surface area contributed by atoms with Gasteiger partial charge in [0.1, 0.15) is 0 Å². The van der Waals surface area contributed by atoms with Crippen LogP contribution in [0.1, 0.15) is 46.0 Å². The first-order chi connectivity index (χ1) is 4.31. The van der Waals surface area contributed by atoms with Gasteiger partial charge in [0.2, 0.25) is 0 Å². The molecule has 3 radical (unpaired) electrons. The topological polar surface area (TPSA) is 0 Å². The van der Waals surface area contributed by atoms with Gasteiger partial charge in [-0.25, -0.2) is 0 Å². The summed E-state index contributed by atoms with van der Waals surface area (Å²) in [4.78, 5) is 0. The molecule has 0 saturated carbocycles. The van der Waals surface area contributed by atoms with Crippen LogP contribution in [0.3, 0.4) is 0 Å². The molecule has 0 aromatic rings. The van der Waals surface area contributed by atoms with Crippen LogP contribution in [-0.4, -0.2) is 0 Å². The molecule has 9 heavy (non-hydrogen) atoms. The van der Waals surface area contributed by atoms with Crippen molar-refractivity contribution in [3.8, 4) is 0 Å². The van der Waals surface area contributed by atoms with E-state index in [1.165, 1.54) is 19.3 Å². The second kappa shape index (κ2) is 6.12. The fraction of sp³-hybridized carbons (Fsp3) is 0.889. The lowest BCUT2D eigenvalue weighted by atomic mass is 10.0. The summed E-state index contributed by atoms with van der Waals surface area (Å²) >= 11 is 0. The van der Waals surface area contributed by atoms with Crippen molar-refractivity contribution in [1.29, 1.82) is 0 Å². The fourth-order valence-electron chi connectivity index (χ4n) is 0.845. The van der Waals surface area contributed by atoms with Crippen molar-refractivity contribution in [2.75, 3.05) is 0 Å². The second-order valence-electron chi connectivity index (χ2n) is 2.60. The monoisotopic (exact) mass is 125 g/mol. The van der Waals surface area contributed by atoms with E-state index in [1.807, 2.05) is 0 Å². The van der Waals surface area contributed by atoms with Gasteiger partial charge in [0, 0.05) is 0 Å². The van der Waals surface area contributed by atoms with Crippen LogP contribution in [-0.2, 0) is 0 Å². The fourth-order valence-corrected chi connectivity index (χ4v) is 0.845. The molecule has 0 aromatic carbocycles. The maximum Gasteiger partial charge on any atom is -0.00569 e. The molecule has 0 aromatic heterocycles. The predicted molar refractivity (Wildman–Crippen MR) is 41.2 cm³/mol. The molecule has 1 atom stereocenters. The second-order valence-corrected chi connectivity index (χ2v) is 2.60. The predicted octanol–water partition coefficient (Wildman–Crippen LogP) is 3.18. The van der Waals surface area contributed by atoms with Gasteiger partial charge < -0.3 is 0 Å². The molecule has 0 spiro atoms. The summed E-state index contributed by atoms with van der Waals surface area (Å²) in [6.07, 6.45) is 5.94. The molecule has 1 unspecified atom stereocenters. The van der Waals surface area contributed by atoms with Gasteiger partial charge in [0.25, 0.3) is 0 Å². The van der Waals surface area contributed by atoms with E-state index < -0.39 is 0 Å². The molecule has 0 fully saturated rings. The summed E-state index contributed by atoms with van der Waals surface area (Å²) < 4.78 is 0. The zero-order valence-electron chi connectivity index (χ0n) is 6.61. The molecule has 0 saturated heterocycles. The van der Waals surface area contributed by atoms with E-state index in [2.05, 4.69) is 13.8 Å². The quantitative estimate of drug-likeness (QED) is 0.495. The summed E-state index contributed by atoms with van der Waals surface area (Å²) in [7, 11) is 0. The molecular weight excluding hydrogens is 108 g/mol. The highest BCUT2D eigenvalue weighted by molar-refractivity contribution is 4.57. The van der Waals surface area contributed by atoms with Crippen molar-refractivity contribution >= 4 is 0 Å². The minimum atomic E-state index is 0.205. The van der Waals surface area contributed by atoms with Gasteiger partial charge in [0.15, 0.2) is 0 Å². The van der Waals surface area contributed by atoms with E-state index >= 15 is 0 Å². The first-order valence-electron chi connectivity index (χ1n) is 4.02. The zero-order valence-corrected chi connectivity index (χ0v) is 6.61. The largest absolute Gasteiger partial charge is 0.0654 e. The smallest absolute Gasteiger partial charge is 0.00569 e. The Morgan fingerprint density at radius 3 is 2.33 bits per heavy atom. The Morgan fingerprint density at radius 2 is 1.89 bits per heavy atom. The van der Waals surface area contributed by atoms with Gasteiger partial charge in [-0.3, -0.25) is 0 Å². The zero-order chi connectivity index (χ0) is 7.11. The SMILES string of the molecule is [C]C(CC)CCCCC. The first kappa shape index (κ1) is 9.00. The summed E-state index contributed by atoms with van der Waals surface area (Å²) in [6.45, 7) is 11.7. The Morgan fingerprint density at radius 1 is 1.22 bits per heavy atom. The maximum atomic E-state index is 7.40. The summed E-state index contributed by atoms with van der Waals surface area (Å²) in [5.41, 5.74) is 0. The normalized spacial score (nSPS) is 13.7. The Hall–Kier alpha value is 0. The highest BCUT2D eigenvalue weighted by atomic mass is 14.0. The van der Waals surface area contributed by atoms with E-state index in [0.717, 1.165) is 12.8 Å². The number of hydrogen-bond acceptors (Lipinski definition) is 0. The van der Waals surface area contributed by atoms with Crippen LogP contribution in [0.25, 0.3) is 0 Å². The van der Waals surface area contributed by atoms with Gasteiger partial charge >= 0.3 is 0 Å². The van der Waals surface area contributed by atoms with Crippen LogP contribution in [0.15, 0.2) is 0 Å². The van der Waals surface area contributed by atoms with Crippen molar-refractivity contribution in [3.63, 3.8) is 0 Å². The minimum absolute atomic E-state index is 0.205. The Bertz CT molecular complexity index is 48.0. The summed E-state index contributed by atoms with van der Waals surface area (Å²) in [5.74, 6) is 0.205. The van der Waals surface area contributed by atoms with E-state index in [4.69, 9.17) is 6.92 Å². The molecule has 0 nitrogen and oxygen atoms in total. The van der Waals surface area contributed by atoms with Crippen molar-refractivity contribution in [1.82, 2.24) is 0 Å². The minimum Gasteiger partial charge on any atom is -0.0654 e. The van der Waals surface area contributed by atoms with Crippen LogP contribution in [0.2, 0.25) is 0 Å². The van der Waals surface area contributed by atoms with Gasteiger partial charge in [-0.1, -0.05) is 39.5 Å². The molecule has 0 aliphatic carbocycles. The van der Waals surface area contributed by atoms with Gasteiger partial charge in [-0.2, -0.15) is 0 Å². The molecule has 0 N–H and O–H groups in total. The molecule has 0 heterocycles. The third kappa shape index (κ3) is 5.88. The van der Waals surface area contributed by atoms with Gasteiger partial charge in [-0.15, -0.1) is 0 Å². The van der Waals surface area contributed by atoms with Gasteiger partial charge in [0.05, 0.1) is 0 Å². The third-order valence-electron chi connectivity index (χ3n) is 1.65. The van der Waals surface area contributed by atoms with Crippen molar-refractivity contribution in [3.05, 3.63) is 6.92 Å². The van der Waals surface area contributed by atoms with Crippen LogP contribution in [0.5, 0.6) is 0 Å². The number of rotatable bonds is 5. The lowest BCUT2D eigenvalue weighted by molar-refractivity contribution is 0.524. The first-order valence-corrected chi connectivity index (χ1v) is 4.02. The summed E-state index contributed by atoms with van der Waals surface area (Å²) in [6, 6.07) is 0. The average molecular weight is 125 g/mol. The van der Waals surface area contributed by atoms with E-state index in [-0.39, 0.29) is 5.92 Å². The number of hydrogen-bond donors (Lipinski definition) is 0. The Kier molecular flexibility index (Phi) is 6.12. The van der Waals surface area contributed by atoms with Gasteiger partial charge in [-0.05, 0) is 19.3 Å². The van der Waals surface area contributed by atoms with Crippen LogP contribution < -0.4 is 0 Å². The Balaban J connectivity index is 2.88. The molecule has 0 amide bonds. The van der Waals surface area contributed by atoms with Crippen molar-refractivity contribution < 1.29 is 0 Å². The van der Waals surface area contributed by atoms with Crippen LogP contribution in [0, 0.1) is 12.8 Å². The maximum absolute atomic E-state index is 7.40. The molecule has 0 aliphatic rings. The molecular formula is C9H17. The van der Waals surface area contributed by atoms with E-state index in [9.17, 15) is 0 Å².